The molecular weight excluding hydrogens is 470 g/mol. The number of urea groups is 1. The monoisotopic (exact) mass is 505 g/mol. The van der Waals surface area contributed by atoms with Gasteiger partial charge in [-0.1, -0.05) is 11.6 Å². The average molecular weight is 506 g/mol. The lowest BCUT2D eigenvalue weighted by Gasteiger charge is -2.53. The molecule has 4 aliphatic heterocycles. The van der Waals surface area contributed by atoms with Crippen molar-refractivity contribution in [3.05, 3.63) is 33.8 Å². The molecule has 1 aromatic carbocycles. The number of halogens is 1. The van der Waals surface area contributed by atoms with Gasteiger partial charge in [-0.05, 0) is 68.9 Å². The minimum Gasteiger partial charge on any atom is -0.444 e. The summed E-state index contributed by atoms with van der Waals surface area (Å²) in [5, 5.41) is 0.637. The standard InChI is InChI=1S/C26H36ClN3O5/c1-25(2,3)35-24(32)30-8-11-34-15-22(30)20-13-19(27)12-18-4-7-28(14-21(18)20)23(31)29-16-26(17-29)5-9-33-10-6-26/h12-13,22H,4-11,14-17H2,1-3H3/t22-/m0/s1. The molecule has 3 fully saturated rings. The topological polar surface area (TPSA) is 71.5 Å². The Kier molecular flexibility index (Phi) is 6.66. The van der Waals surface area contributed by atoms with Gasteiger partial charge in [0.2, 0.25) is 0 Å². The van der Waals surface area contributed by atoms with Crippen LogP contribution in [0.4, 0.5) is 9.59 Å². The third-order valence-corrected chi connectivity index (χ3v) is 7.82. The molecule has 1 spiro atoms. The van der Waals surface area contributed by atoms with Crippen LogP contribution in [0, 0.1) is 5.41 Å². The second-order valence-corrected chi connectivity index (χ2v) is 11.8. The number of ether oxygens (including phenoxy) is 3. The molecule has 0 aromatic heterocycles. The van der Waals surface area contributed by atoms with Crippen LogP contribution in [0.5, 0.6) is 0 Å². The molecule has 0 unspecified atom stereocenters. The maximum atomic E-state index is 13.4. The second-order valence-electron chi connectivity index (χ2n) is 11.3. The summed E-state index contributed by atoms with van der Waals surface area (Å²) in [6.45, 7) is 11.3. The van der Waals surface area contributed by atoms with Crippen molar-refractivity contribution in [1.82, 2.24) is 14.7 Å². The Hall–Kier alpha value is -2.03. The first-order valence-corrected chi connectivity index (χ1v) is 13.0. The molecule has 0 saturated carbocycles. The molecule has 35 heavy (non-hydrogen) atoms. The molecule has 5 rings (SSSR count). The Labute approximate surface area is 212 Å². The van der Waals surface area contributed by atoms with Crippen LogP contribution in [0.2, 0.25) is 5.02 Å². The Morgan fingerprint density at radius 2 is 1.80 bits per heavy atom. The van der Waals surface area contributed by atoms with E-state index in [0.717, 1.165) is 62.3 Å². The van der Waals surface area contributed by atoms with Crippen LogP contribution < -0.4 is 0 Å². The predicted molar refractivity (Wildman–Crippen MR) is 132 cm³/mol. The van der Waals surface area contributed by atoms with Crippen LogP contribution in [-0.4, -0.2) is 85.0 Å². The highest BCUT2D eigenvalue weighted by atomic mass is 35.5. The summed E-state index contributed by atoms with van der Waals surface area (Å²) in [7, 11) is 0. The molecular formula is C26H36ClN3O5. The van der Waals surface area contributed by atoms with E-state index >= 15 is 0 Å². The van der Waals surface area contributed by atoms with E-state index in [1.807, 2.05) is 42.7 Å². The normalized spacial score (nSPS) is 24.1. The summed E-state index contributed by atoms with van der Waals surface area (Å²) in [5.74, 6) is 0. The first-order chi connectivity index (χ1) is 16.6. The van der Waals surface area contributed by atoms with Gasteiger partial charge in [0, 0.05) is 56.4 Å². The Balaban J connectivity index is 1.35. The molecule has 3 saturated heterocycles. The van der Waals surface area contributed by atoms with Crippen molar-refractivity contribution in [2.75, 3.05) is 52.6 Å². The highest BCUT2D eigenvalue weighted by Crippen LogP contribution is 2.41. The first kappa shape index (κ1) is 24.7. The molecule has 0 radical (unpaired) electrons. The number of hydrogen-bond acceptors (Lipinski definition) is 5. The van der Waals surface area contributed by atoms with Crippen molar-refractivity contribution in [3.63, 3.8) is 0 Å². The minimum atomic E-state index is -0.587. The van der Waals surface area contributed by atoms with E-state index in [9.17, 15) is 9.59 Å². The van der Waals surface area contributed by atoms with E-state index in [2.05, 4.69) is 0 Å². The maximum absolute atomic E-state index is 13.4. The average Bonchev–Trinajstić information content (AvgIpc) is 2.80. The lowest BCUT2D eigenvalue weighted by atomic mass is 9.73. The minimum absolute atomic E-state index is 0.0950. The summed E-state index contributed by atoms with van der Waals surface area (Å²) in [4.78, 5) is 32.1. The van der Waals surface area contributed by atoms with E-state index in [1.54, 1.807) is 4.90 Å². The van der Waals surface area contributed by atoms with Gasteiger partial charge in [0.15, 0.2) is 0 Å². The van der Waals surface area contributed by atoms with Crippen LogP contribution in [0.1, 0.15) is 56.3 Å². The molecule has 0 aliphatic carbocycles. The van der Waals surface area contributed by atoms with Crippen molar-refractivity contribution in [2.45, 2.75) is 58.2 Å². The Morgan fingerprint density at radius 3 is 2.51 bits per heavy atom. The van der Waals surface area contributed by atoms with E-state index in [0.29, 0.717) is 37.9 Å². The van der Waals surface area contributed by atoms with Crippen LogP contribution >= 0.6 is 11.6 Å². The largest absolute Gasteiger partial charge is 0.444 e. The SMILES string of the molecule is CC(C)(C)OC(=O)N1CCOC[C@H]1c1cc(Cl)cc2c1CN(C(=O)N1CC3(CCOCC3)C1)CC2. The van der Waals surface area contributed by atoms with Crippen LogP contribution in [0.15, 0.2) is 12.1 Å². The van der Waals surface area contributed by atoms with Crippen molar-refractivity contribution in [1.29, 1.82) is 0 Å². The van der Waals surface area contributed by atoms with Gasteiger partial charge < -0.3 is 24.0 Å². The zero-order valence-corrected chi connectivity index (χ0v) is 21.7. The lowest BCUT2D eigenvalue weighted by Crippen LogP contribution is -2.63. The number of morpholine rings is 1. The number of rotatable bonds is 1. The second kappa shape index (κ2) is 9.45. The van der Waals surface area contributed by atoms with Gasteiger partial charge in [0.05, 0.1) is 19.3 Å². The summed E-state index contributed by atoms with van der Waals surface area (Å²) in [6, 6.07) is 3.70. The fourth-order valence-corrected chi connectivity index (χ4v) is 5.99. The quantitative estimate of drug-likeness (QED) is 0.571. The number of fused-ring (bicyclic) bond motifs is 1. The molecule has 9 heteroatoms. The van der Waals surface area contributed by atoms with Gasteiger partial charge in [-0.2, -0.15) is 0 Å². The fourth-order valence-electron chi connectivity index (χ4n) is 5.74. The van der Waals surface area contributed by atoms with Gasteiger partial charge in [0.1, 0.15) is 5.60 Å². The molecule has 1 atom stereocenters. The van der Waals surface area contributed by atoms with Gasteiger partial charge in [-0.15, -0.1) is 0 Å². The lowest BCUT2D eigenvalue weighted by molar-refractivity contribution is -0.0669. The molecule has 8 nitrogen and oxygen atoms in total. The summed E-state index contributed by atoms with van der Waals surface area (Å²) in [6.07, 6.45) is 2.45. The Bertz CT molecular complexity index is 980. The van der Waals surface area contributed by atoms with E-state index in [4.69, 9.17) is 25.8 Å². The number of likely N-dealkylation sites (tertiary alicyclic amines) is 1. The molecule has 4 heterocycles. The Morgan fingerprint density at radius 1 is 1.06 bits per heavy atom. The van der Waals surface area contributed by atoms with E-state index in [-0.39, 0.29) is 23.6 Å². The van der Waals surface area contributed by atoms with Crippen molar-refractivity contribution >= 4 is 23.7 Å². The molecule has 192 valence electrons. The zero-order valence-electron chi connectivity index (χ0n) is 21.0. The van der Waals surface area contributed by atoms with Crippen molar-refractivity contribution < 1.29 is 23.8 Å². The highest BCUT2D eigenvalue weighted by Gasteiger charge is 2.47. The van der Waals surface area contributed by atoms with Gasteiger partial charge in [-0.3, -0.25) is 4.90 Å². The van der Waals surface area contributed by atoms with Crippen LogP contribution in [0.3, 0.4) is 0 Å². The number of nitrogens with zero attached hydrogens (tertiary/aromatic N) is 3. The predicted octanol–water partition coefficient (Wildman–Crippen LogP) is 4.24. The van der Waals surface area contributed by atoms with Gasteiger partial charge in [-0.25, -0.2) is 9.59 Å². The molecule has 1 aromatic rings. The van der Waals surface area contributed by atoms with Gasteiger partial charge in [0.25, 0.3) is 0 Å². The van der Waals surface area contributed by atoms with E-state index in [1.165, 1.54) is 0 Å². The third-order valence-electron chi connectivity index (χ3n) is 7.60. The molecule has 0 bridgehead atoms. The highest BCUT2D eigenvalue weighted by molar-refractivity contribution is 6.30. The summed E-state index contributed by atoms with van der Waals surface area (Å²) >= 11 is 6.52. The van der Waals surface area contributed by atoms with Crippen LogP contribution in [-0.2, 0) is 27.2 Å². The summed E-state index contributed by atoms with van der Waals surface area (Å²) < 4.78 is 17.0. The molecule has 0 N–H and O–H groups in total. The maximum Gasteiger partial charge on any atom is 0.410 e. The number of amides is 3. The smallest absolute Gasteiger partial charge is 0.410 e. The number of carbonyl (C=O) groups excluding carboxylic acids is 2. The third kappa shape index (κ3) is 5.11. The number of benzene rings is 1. The van der Waals surface area contributed by atoms with Gasteiger partial charge >= 0.3 is 12.1 Å². The van der Waals surface area contributed by atoms with Crippen molar-refractivity contribution in [3.8, 4) is 0 Å². The van der Waals surface area contributed by atoms with Crippen molar-refractivity contribution in [2.24, 2.45) is 5.41 Å². The van der Waals surface area contributed by atoms with Crippen LogP contribution in [0.25, 0.3) is 0 Å². The molecule has 4 aliphatic rings. The zero-order chi connectivity index (χ0) is 24.8. The number of carbonyl (C=O) groups is 2. The first-order valence-electron chi connectivity index (χ1n) is 12.6. The summed E-state index contributed by atoms with van der Waals surface area (Å²) in [5.41, 5.74) is 2.80. The number of hydrogen-bond donors (Lipinski definition) is 0. The molecule has 3 amide bonds. The van der Waals surface area contributed by atoms with E-state index < -0.39 is 5.60 Å². The fraction of sp³-hybridized carbons (Fsp3) is 0.692.